The number of hydrogen-bond acceptors (Lipinski definition) is 6. The number of sulfone groups is 1. The highest BCUT2D eigenvalue weighted by Crippen LogP contribution is 2.34. The maximum atomic E-state index is 13.0. The Morgan fingerprint density at radius 3 is 2.32 bits per heavy atom. The van der Waals surface area contributed by atoms with Gasteiger partial charge in [0.15, 0.2) is 0 Å². The van der Waals surface area contributed by atoms with Crippen LogP contribution in [0, 0.1) is 0 Å². The van der Waals surface area contributed by atoms with Gasteiger partial charge in [0.1, 0.15) is 0 Å². The molecule has 0 aliphatic heterocycles. The number of nitrogens with one attached hydrogen (secondary N) is 1. The van der Waals surface area contributed by atoms with Crippen molar-refractivity contribution in [1.82, 2.24) is 0 Å². The average molecular weight is 480 g/mol. The largest absolute Gasteiger partial charge is 0.462 e. The van der Waals surface area contributed by atoms with E-state index in [-0.39, 0.29) is 34.6 Å². The monoisotopic (exact) mass is 479 g/mol. The van der Waals surface area contributed by atoms with Crippen LogP contribution in [-0.4, -0.2) is 43.8 Å². The summed E-state index contributed by atoms with van der Waals surface area (Å²) >= 11 is 5.95. The Bertz CT molecular complexity index is 1120. The number of anilines is 1. The molecule has 2 aromatic carbocycles. The van der Waals surface area contributed by atoms with Crippen molar-refractivity contribution in [2.45, 2.75) is 35.4 Å². The molecule has 2 rings (SSSR count). The minimum absolute atomic E-state index is 0.0230. The zero-order chi connectivity index (χ0) is 23.6. The summed E-state index contributed by atoms with van der Waals surface area (Å²) in [5.41, 5.74) is -4.26. The normalized spacial score (nSPS) is 13.9. The Hall–Kier alpha value is -2.63. The molecule has 0 radical (unpaired) electrons. The molecule has 2 N–H and O–H groups in total. The molecule has 1 atom stereocenters. The molecule has 12 heteroatoms. The van der Waals surface area contributed by atoms with Crippen LogP contribution < -0.4 is 5.32 Å². The van der Waals surface area contributed by atoms with Crippen LogP contribution in [0.4, 0.5) is 18.9 Å². The summed E-state index contributed by atoms with van der Waals surface area (Å²) in [6.07, 6.45) is -5.25. The standard InChI is InChI=1S/C19H17ClF3NO6S/c1-3-30-16(25)12-6-4-5-7-15(12)31(28,29)11-8-9-14(13(20)10-11)24-17(26)18(2,27)19(21,22)23/h4-10,27H,3H2,1-2H3,(H,24,26). The summed E-state index contributed by atoms with van der Waals surface area (Å²) < 4.78 is 69.2. The fraction of sp³-hybridized carbons (Fsp3) is 0.263. The van der Waals surface area contributed by atoms with Gasteiger partial charge in [0.2, 0.25) is 15.4 Å². The van der Waals surface area contributed by atoms with Crippen molar-refractivity contribution in [2.75, 3.05) is 11.9 Å². The summed E-state index contributed by atoms with van der Waals surface area (Å²) in [4.78, 5) is 23.2. The molecule has 0 aliphatic rings. The quantitative estimate of drug-likeness (QED) is 0.613. The fourth-order valence-corrected chi connectivity index (χ4v) is 4.11. The summed E-state index contributed by atoms with van der Waals surface area (Å²) in [6, 6.07) is 8.14. The van der Waals surface area contributed by atoms with E-state index in [1.807, 2.05) is 5.32 Å². The Labute approximate surface area is 180 Å². The number of carbonyl (C=O) groups is 2. The van der Waals surface area contributed by atoms with Gasteiger partial charge in [-0.2, -0.15) is 13.2 Å². The number of benzene rings is 2. The van der Waals surface area contributed by atoms with E-state index in [0.29, 0.717) is 0 Å². The van der Waals surface area contributed by atoms with Gasteiger partial charge in [-0.3, -0.25) is 4.79 Å². The minimum atomic E-state index is -5.25. The minimum Gasteiger partial charge on any atom is -0.462 e. The number of alkyl halides is 3. The van der Waals surface area contributed by atoms with Crippen molar-refractivity contribution < 1.29 is 41.0 Å². The van der Waals surface area contributed by atoms with Gasteiger partial charge in [-0.05, 0) is 44.2 Å². The van der Waals surface area contributed by atoms with Crippen molar-refractivity contribution in [3.63, 3.8) is 0 Å². The third kappa shape index (κ3) is 5.00. The number of aliphatic hydroxyl groups is 1. The molecule has 31 heavy (non-hydrogen) atoms. The van der Waals surface area contributed by atoms with Crippen molar-refractivity contribution in [3.05, 3.63) is 53.1 Å². The number of ether oxygens (including phenoxy) is 1. The van der Waals surface area contributed by atoms with Crippen LogP contribution in [0.25, 0.3) is 0 Å². The van der Waals surface area contributed by atoms with Gasteiger partial charge in [-0.25, -0.2) is 13.2 Å². The molecule has 1 amide bonds. The lowest BCUT2D eigenvalue weighted by Gasteiger charge is -2.25. The topological polar surface area (TPSA) is 110 Å². The van der Waals surface area contributed by atoms with Crippen molar-refractivity contribution in [1.29, 1.82) is 0 Å². The first-order valence-corrected chi connectivity index (χ1v) is 10.5. The molecule has 0 aliphatic carbocycles. The van der Waals surface area contributed by atoms with E-state index < -0.39 is 38.5 Å². The zero-order valence-electron chi connectivity index (χ0n) is 16.2. The third-order valence-corrected chi connectivity index (χ3v) is 6.29. The van der Waals surface area contributed by atoms with Crippen LogP contribution in [0.15, 0.2) is 52.3 Å². The van der Waals surface area contributed by atoms with Crippen molar-refractivity contribution in [3.8, 4) is 0 Å². The first-order valence-electron chi connectivity index (χ1n) is 8.64. The van der Waals surface area contributed by atoms with Crippen LogP contribution in [0.1, 0.15) is 24.2 Å². The van der Waals surface area contributed by atoms with Gasteiger partial charge in [0.25, 0.3) is 5.91 Å². The smallest absolute Gasteiger partial charge is 0.426 e. The van der Waals surface area contributed by atoms with Crippen molar-refractivity contribution in [2.24, 2.45) is 0 Å². The van der Waals surface area contributed by atoms with Gasteiger partial charge in [-0.1, -0.05) is 23.7 Å². The van der Waals surface area contributed by atoms with Crippen LogP contribution in [0.2, 0.25) is 5.02 Å². The van der Waals surface area contributed by atoms with Crippen LogP contribution in [-0.2, 0) is 19.4 Å². The summed E-state index contributed by atoms with van der Waals surface area (Å²) in [5, 5.41) is 10.8. The molecule has 7 nitrogen and oxygen atoms in total. The molecule has 0 saturated heterocycles. The number of halogens is 4. The summed E-state index contributed by atoms with van der Waals surface area (Å²) in [5.74, 6) is -2.66. The van der Waals surface area contributed by atoms with E-state index in [1.54, 1.807) is 6.92 Å². The Morgan fingerprint density at radius 2 is 1.77 bits per heavy atom. The molecular weight excluding hydrogens is 463 g/mol. The number of carbonyl (C=O) groups excluding carboxylic acids is 2. The van der Waals surface area contributed by atoms with Gasteiger partial charge in [0, 0.05) is 0 Å². The number of esters is 1. The maximum Gasteiger partial charge on any atom is 0.426 e. The van der Waals surface area contributed by atoms with E-state index >= 15 is 0 Å². The molecule has 0 fully saturated rings. The Balaban J connectivity index is 2.42. The molecular formula is C19H17ClF3NO6S. The first kappa shape index (κ1) is 24.6. The Kier molecular flexibility index (Phi) is 7.03. The van der Waals surface area contributed by atoms with Gasteiger partial charge >= 0.3 is 12.1 Å². The van der Waals surface area contributed by atoms with E-state index in [1.165, 1.54) is 24.3 Å². The molecule has 2 aromatic rings. The van der Waals surface area contributed by atoms with Gasteiger partial charge in [0.05, 0.1) is 32.7 Å². The molecule has 1 unspecified atom stereocenters. The van der Waals surface area contributed by atoms with Crippen molar-refractivity contribution >= 4 is 39.0 Å². The van der Waals surface area contributed by atoms with E-state index in [0.717, 1.165) is 18.2 Å². The van der Waals surface area contributed by atoms with E-state index in [9.17, 15) is 36.3 Å². The summed E-state index contributed by atoms with van der Waals surface area (Å²) in [7, 11) is -4.28. The number of rotatable bonds is 6. The first-order chi connectivity index (χ1) is 14.2. The lowest BCUT2D eigenvalue weighted by atomic mass is 10.1. The second-order valence-corrected chi connectivity index (χ2v) is 8.71. The Morgan fingerprint density at radius 1 is 1.16 bits per heavy atom. The molecule has 0 spiro atoms. The lowest BCUT2D eigenvalue weighted by Crippen LogP contribution is -2.52. The summed E-state index contributed by atoms with van der Waals surface area (Å²) in [6.45, 7) is 1.84. The predicted molar refractivity (Wildman–Crippen MR) is 105 cm³/mol. The van der Waals surface area contributed by atoms with E-state index in [2.05, 4.69) is 0 Å². The molecule has 0 heterocycles. The molecule has 0 bridgehead atoms. The highest BCUT2D eigenvalue weighted by molar-refractivity contribution is 7.91. The average Bonchev–Trinajstić information content (AvgIpc) is 2.68. The lowest BCUT2D eigenvalue weighted by molar-refractivity contribution is -0.242. The highest BCUT2D eigenvalue weighted by atomic mass is 35.5. The van der Waals surface area contributed by atoms with Crippen LogP contribution >= 0.6 is 11.6 Å². The van der Waals surface area contributed by atoms with Gasteiger partial charge < -0.3 is 15.2 Å². The number of hydrogen-bond donors (Lipinski definition) is 2. The second kappa shape index (κ2) is 8.85. The van der Waals surface area contributed by atoms with E-state index in [4.69, 9.17) is 16.3 Å². The van der Waals surface area contributed by atoms with Crippen LogP contribution in [0.3, 0.4) is 0 Å². The van der Waals surface area contributed by atoms with Crippen LogP contribution in [0.5, 0.6) is 0 Å². The fourth-order valence-electron chi connectivity index (χ4n) is 2.34. The maximum absolute atomic E-state index is 13.0. The predicted octanol–water partition coefficient (Wildman–Crippen LogP) is 3.60. The number of amides is 1. The zero-order valence-corrected chi connectivity index (χ0v) is 17.7. The third-order valence-electron chi connectivity index (χ3n) is 4.17. The SMILES string of the molecule is CCOC(=O)c1ccccc1S(=O)(=O)c1ccc(NC(=O)C(C)(O)C(F)(F)F)c(Cl)c1. The molecule has 0 saturated carbocycles. The second-order valence-electron chi connectivity index (χ2n) is 6.39. The van der Waals surface area contributed by atoms with Gasteiger partial charge in [-0.15, -0.1) is 0 Å². The molecule has 168 valence electrons. The molecule has 0 aromatic heterocycles. The highest BCUT2D eigenvalue weighted by Gasteiger charge is 2.55.